The van der Waals surface area contributed by atoms with Crippen molar-refractivity contribution < 1.29 is 4.79 Å². The van der Waals surface area contributed by atoms with Gasteiger partial charge in [0.2, 0.25) is 5.91 Å². The fourth-order valence-corrected chi connectivity index (χ4v) is 3.28. The molecule has 0 atom stereocenters. The first-order chi connectivity index (χ1) is 14.2. The Balaban J connectivity index is 1.39. The largest absolute Gasteiger partial charge is 0.355 e. The van der Waals surface area contributed by atoms with E-state index in [1.54, 1.807) is 23.0 Å². The zero-order valence-electron chi connectivity index (χ0n) is 16.0. The van der Waals surface area contributed by atoms with E-state index in [0.717, 1.165) is 24.1 Å². The molecule has 4 aromatic rings. The second-order valence-electron chi connectivity index (χ2n) is 6.90. The molecule has 0 aliphatic rings. The summed E-state index contributed by atoms with van der Waals surface area (Å²) in [6, 6.07) is 21.6. The number of nitrogens with one attached hydrogen (secondary N) is 1. The molecular formula is C23H22N4O2. The molecule has 0 aliphatic heterocycles. The van der Waals surface area contributed by atoms with Crippen molar-refractivity contribution in [3.63, 3.8) is 0 Å². The molecule has 0 fully saturated rings. The molecule has 1 amide bonds. The topological polar surface area (TPSA) is 68.4 Å². The minimum absolute atomic E-state index is 0.00742. The van der Waals surface area contributed by atoms with E-state index in [9.17, 15) is 9.59 Å². The van der Waals surface area contributed by atoms with Crippen molar-refractivity contribution in [1.29, 1.82) is 0 Å². The molecular weight excluding hydrogens is 364 g/mol. The predicted octanol–water partition coefficient (Wildman–Crippen LogP) is 2.91. The van der Waals surface area contributed by atoms with Crippen molar-refractivity contribution in [2.24, 2.45) is 0 Å². The number of amides is 1. The summed E-state index contributed by atoms with van der Waals surface area (Å²) in [7, 11) is 0. The number of hydrogen-bond acceptors (Lipinski definition) is 3. The van der Waals surface area contributed by atoms with Crippen LogP contribution in [0.15, 0.2) is 83.9 Å². The van der Waals surface area contributed by atoms with Crippen LogP contribution < -0.4 is 10.9 Å². The monoisotopic (exact) mass is 386 g/mol. The highest BCUT2D eigenvalue weighted by atomic mass is 16.2. The third-order valence-electron chi connectivity index (χ3n) is 4.79. The number of nitrogens with zero attached hydrogens (tertiary/aromatic N) is 3. The van der Waals surface area contributed by atoms with Crippen molar-refractivity contribution in [1.82, 2.24) is 19.5 Å². The van der Waals surface area contributed by atoms with Gasteiger partial charge in [-0.25, -0.2) is 4.52 Å². The maximum absolute atomic E-state index is 12.7. The van der Waals surface area contributed by atoms with Crippen molar-refractivity contribution in [2.75, 3.05) is 6.54 Å². The minimum atomic E-state index is -0.235. The quantitative estimate of drug-likeness (QED) is 0.497. The molecule has 6 nitrogen and oxygen atoms in total. The van der Waals surface area contributed by atoms with Crippen LogP contribution in [-0.4, -0.2) is 26.6 Å². The Morgan fingerprint density at radius 1 is 0.966 bits per heavy atom. The fraction of sp³-hybridized carbons (Fsp3) is 0.174. The number of rotatable bonds is 7. The van der Waals surface area contributed by atoms with E-state index in [2.05, 4.69) is 22.5 Å². The smallest absolute Gasteiger partial charge is 0.277 e. The van der Waals surface area contributed by atoms with Crippen LogP contribution in [0.5, 0.6) is 0 Å². The van der Waals surface area contributed by atoms with Crippen LogP contribution in [0.25, 0.3) is 16.8 Å². The lowest BCUT2D eigenvalue weighted by Gasteiger charge is -2.08. The second kappa shape index (κ2) is 8.56. The van der Waals surface area contributed by atoms with Gasteiger partial charge in [-0.2, -0.15) is 5.10 Å². The number of benzene rings is 2. The summed E-state index contributed by atoms with van der Waals surface area (Å²) in [5, 5.41) is 7.34. The predicted molar refractivity (Wildman–Crippen MR) is 113 cm³/mol. The molecule has 0 aliphatic carbocycles. The van der Waals surface area contributed by atoms with Crippen LogP contribution >= 0.6 is 0 Å². The van der Waals surface area contributed by atoms with E-state index in [4.69, 9.17) is 0 Å². The minimum Gasteiger partial charge on any atom is -0.355 e. The van der Waals surface area contributed by atoms with E-state index in [-0.39, 0.29) is 18.0 Å². The Morgan fingerprint density at radius 2 is 1.69 bits per heavy atom. The molecule has 146 valence electrons. The fourth-order valence-electron chi connectivity index (χ4n) is 3.28. The van der Waals surface area contributed by atoms with Gasteiger partial charge >= 0.3 is 0 Å². The standard InChI is InChI=1S/C23H22N4O2/c28-22(24-13-7-10-18-8-3-1-4-9-18)17-26-14-15-27-21(23(26)29)16-20(25-27)19-11-5-2-6-12-19/h1-6,8-9,11-12,14-16H,7,10,13,17H2,(H,24,28). The van der Waals surface area contributed by atoms with E-state index in [1.165, 1.54) is 10.1 Å². The van der Waals surface area contributed by atoms with Crippen LogP contribution in [0, 0.1) is 0 Å². The highest BCUT2D eigenvalue weighted by molar-refractivity contribution is 5.75. The van der Waals surface area contributed by atoms with E-state index in [0.29, 0.717) is 12.1 Å². The SMILES string of the molecule is O=C(Cn1ccn2nc(-c3ccccc3)cc2c1=O)NCCCc1ccccc1. The van der Waals surface area contributed by atoms with Crippen molar-refractivity contribution in [2.45, 2.75) is 19.4 Å². The number of carbonyl (C=O) groups is 1. The highest BCUT2D eigenvalue weighted by Gasteiger charge is 2.11. The molecule has 0 saturated heterocycles. The maximum atomic E-state index is 12.7. The number of carbonyl (C=O) groups excluding carboxylic acids is 1. The lowest BCUT2D eigenvalue weighted by Crippen LogP contribution is -2.33. The maximum Gasteiger partial charge on any atom is 0.277 e. The average Bonchev–Trinajstić information content (AvgIpc) is 3.20. The number of aryl methyl sites for hydroxylation is 1. The first-order valence-corrected chi connectivity index (χ1v) is 9.65. The molecule has 6 heteroatoms. The third kappa shape index (κ3) is 4.43. The molecule has 0 unspecified atom stereocenters. The van der Waals surface area contributed by atoms with Crippen molar-refractivity contribution in [3.05, 3.63) is 95.0 Å². The van der Waals surface area contributed by atoms with Gasteiger partial charge in [-0.1, -0.05) is 60.7 Å². The van der Waals surface area contributed by atoms with Gasteiger partial charge in [0.1, 0.15) is 12.1 Å². The molecule has 0 spiro atoms. The molecule has 0 bridgehead atoms. The molecule has 2 heterocycles. The summed E-state index contributed by atoms with van der Waals surface area (Å²) in [5.41, 5.74) is 3.13. The van der Waals surface area contributed by atoms with Crippen LogP contribution in [0.2, 0.25) is 0 Å². The summed E-state index contributed by atoms with van der Waals surface area (Å²) in [4.78, 5) is 25.0. The van der Waals surface area contributed by atoms with Gasteiger partial charge in [0.15, 0.2) is 0 Å². The molecule has 0 radical (unpaired) electrons. The van der Waals surface area contributed by atoms with E-state index in [1.807, 2.05) is 48.5 Å². The third-order valence-corrected chi connectivity index (χ3v) is 4.79. The Morgan fingerprint density at radius 3 is 2.45 bits per heavy atom. The number of hydrogen-bond donors (Lipinski definition) is 1. The van der Waals surface area contributed by atoms with Gasteiger partial charge < -0.3 is 9.88 Å². The summed E-state index contributed by atoms with van der Waals surface area (Å²) >= 11 is 0. The molecule has 2 aromatic carbocycles. The highest BCUT2D eigenvalue weighted by Crippen LogP contribution is 2.17. The Hall–Kier alpha value is -3.67. The van der Waals surface area contributed by atoms with Crippen LogP contribution in [-0.2, 0) is 17.8 Å². The summed E-state index contributed by atoms with van der Waals surface area (Å²) in [5.74, 6) is -0.174. The van der Waals surface area contributed by atoms with Gasteiger partial charge in [0.05, 0.1) is 5.69 Å². The Bertz CT molecular complexity index is 1160. The lowest BCUT2D eigenvalue weighted by molar-refractivity contribution is -0.121. The summed E-state index contributed by atoms with van der Waals surface area (Å²) < 4.78 is 2.97. The van der Waals surface area contributed by atoms with Crippen LogP contribution in [0.3, 0.4) is 0 Å². The second-order valence-corrected chi connectivity index (χ2v) is 6.90. The average molecular weight is 386 g/mol. The lowest BCUT2D eigenvalue weighted by atomic mass is 10.1. The number of aromatic nitrogens is 3. The first-order valence-electron chi connectivity index (χ1n) is 9.65. The normalized spacial score (nSPS) is 10.9. The number of fused-ring (bicyclic) bond motifs is 1. The molecule has 2 aromatic heterocycles. The first kappa shape index (κ1) is 18.7. The van der Waals surface area contributed by atoms with Gasteiger partial charge in [0, 0.05) is 24.5 Å². The van der Waals surface area contributed by atoms with Gasteiger partial charge in [-0.15, -0.1) is 0 Å². The molecule has 4 rings (SSSR count). The summed E-state index contributed by atoms with van der Waals surface area (Å²) in [6.07, 6.45) is 5.06. The van der Waals surface area contributed by atoms with Gasteiger partial charge in [-0.3, -0.25) is 9.59 Å². The summed E-state index contributed by atoms with van der Waals surface area (Å²) in [6.45, 7) is 0.572. The van der Waals surface area contributed by atoms with Gasteiger partial charge in [0.25, 0.3) is 5.56 Å². The Kier molecular flexibility index (Phi) is 5.52. The zero-order valence-corrected chi connectivity index (χ0v) is 16.0. The van der Waals surface area contributed by atoms with E-state index < -0.39 is 0 Å². The zero-order chi connectivity index (χ0) is 20.1. The van der Waals surface area contributed by atoms with Crippen LogP contribution in [0.1, 0.15) is 12.0 Å². The van der Waals surface area contributed by atoms with E-state index >= 15 is 0 Å². The molecule has 29 heavy (non-hydrogen) atoms. The Labute approximate surface area is 168 Å². The molecule has 1 N–H and O–H groups in total. The molecule has 0 saturated carbocycles. The van der Waals surface area contributed by atoms with Gasteiger partial charge in [-0.05, 0) is 24.5 Å². The van der Waals surface area contributed by atoms with Crippen molar-refractivity contribution >= 4 is 11.4 Å². The van der Waals surface area contributed by atoms with Crippen molar-refractivity contribution in [3.8, 4) is 11.3 Å². The van der Waals surface area contributed by atoms with Crippen LogP contribution in [0.4, 0.5) is 0 Å².